The van der Waals surface area contributed by atoms with Crippen LogP contribution in [0, 0.1) is 0 Å². The van der Waals surface area contributed by atoms with Gasteiger partial charge >= 0.3 is 0 Å². The fourth-order valence-electron chi connectivity index (χ4n) is 3.88. The number of halogens is 1. The zero-order valence-corrected chi connectivity index (χ0v) is 20.2. The summed E-state index contributed by atoms with van der Waals surface area (Å²) in [6, 6.07) is 12.1. The predicted octanol–water partition coefficient (Wildman–Crippen LogP) is 5.42. The number of benzene rings is 2. The van der Waals surface area contributed by atoms with Gasteiger partial charge in [0.05, 0.1) is 30.5 Å². The number of aromatic nitrogens is 1. The van der Waals surface area contributed by atoms with Gasteiger partial charge in [0.15, 0.2) is 16.6 Å². The highest BCUT2D eigenvalue weighted by Crippen LogP contribution is 2.37. The molecule has 1 unspecified atom stereocenters. The number of amides is 2. The van der Waals surface area contributed by atoms with E-state index < -0.39 is 0 Å². The van der Waals surface area contributed by atoms with E-state index in [-0.39, 0.29) is 17.9 Å². The number of likely N-dealkylation sites (tertiary alicyclic amines) is 1. The van der Waals surface area contributed by atoms with Crippen LogP contribution in [0.1, 0.15) is 40.6 Å². The fraction of sp³-hybridized carbons (Fsp3) is 0.292. The number of ether oxygens (including phenoxy) is 2. The molecule has 172 valence electrons. The van der Waals surface area contributed by atoms with Crippen molar-refractivity contribution in [2.45, 2.75) is 25.8 Å². The van der Waals surface area contributed by atoms with E-state index >= 15 is 0 Å². The number of hydrogen-bond acceptors (Lipinski definition) is 6. The Balaban J connectivity index is 1.77. The van der Waals surface area contributed by atoms with Gasteiger partial charge in [-0.2, -0.15) is 0 Å². The molecule has 9 heteroatoms. The van der Waals surface area contributed by atoms with Crippen molar-refractivity contribution < 1.29 is 19.1 Å². The summed E-state index contributed by atoms with van der Waals surface area (Å²) in [6.45, 7) is 2.75. The third kappa shape index (κ3) is 4.54. The maximum atomic E-state index is 13.6. The van der Waals surface area contributed by atoms with Crippen LogP contribution in [0.5, 0.6) is 11.5 Å². The van der Waals surface area contributed by atoms with Crippen LogP contribution in [0.25, 0.3) is 0 Å². The Morgan fingerprint density at radius 1 is 1.15 bits per heavy atom. The minimum Gasteiger partial charge on any atom is -0.493 e. The molecule has 2 amide bonds. The minimum absolute atomic E-state index is 0.125. The molecule has 1 fully saturated rings. The summed E-state index contributed by atoms with van der Waals surface area (Å²) in [5, 5.41) is 2.38. The standard InChI is InChI=1S/C24H24ClN3O4S/c1-15-7-6-12-27(15)23(30)19-14-33-24(26-19)28(22(29)17-8-4-5-9-18(17)25)16-10-11-20(31-2)21(13-16)32-3/h4-5,8-11,13-15H,6-7,12H2,1-3H3. The number of hydrogen-bond donors (Lipinski definition) is 0. The predicted molar refractivity (Wildman–Crippen MR) is 129 cm³/mol. The molecule has 0 spiro atoms. The third-order valence-electron chi connectivity index (χ3n) is 5.65. The van der Waals surface area contributed by atoms with Gasteiger partial charge in [0, 0.05) is 24.0 Å². The molecule has 2 aromatic carbocycles. The number of methoxy groups -OCH3 is 2. The summed E-state index contributed by atoms with van der Waals surface area (Å²) in [6.07, 6.45) is 1.96. The second-order valence-corrected chi connectivity index (χ2v) is 8.91. The monoisotopic (exact) mass is 485 g/mol. The Morgan fingerprint density at radius 2 is 1.91 bits per heavy atom. The molecule has 7 nitrogen and oxygen atoms in total. The van der Waals surface area contributed by atoms with Crippen LogP contribution < -0.4 is 14.4 Å². The van der Waals surface area contributed by atoms with Crippen molar-refractivity contribution in [3.05, 3.63) is 64.1 Å². The highest BCUT2D eigenvalue weighted by molar-refractivity contribution is 7.14. The second-order valence-electron chi connectivity index (χ2n) is 7.66. The average molecular weight is 486 g/mol. The lowest BCUT2D eigenvalue weighted by atomic mass is 10.1. The molecule has 0 bridgehead atoms. The topological polar surface area (TPSA) is 72.0 Å². The minimum atomic E-state index is -0.365. The van der Waals surface area contributed by atoms with Crippen LogP contribution in [-0.2, 0) is 0 Å². The van der Waals surface area contributed by atoms with Gasteiger partial charge < -0.3 is 14.4 Å². The first-order chi connectivity index (χ1) is 15.9. The number of rotatable bonds is 6. The molecule has 0 N–H and O–H groups in total. The number of anilines is 2. The maximum absolute atomic E-state index is 13.6. The number of nitrogens with zero attached hydrogens (tertiary/aromatic N) is 3. The molecule has 1 saturated heterocycles. The van der Waals surface area contributed by atoms with E-state index in [2.05, 4.69) is 4.98 Å². The van der Waals surface area contributed by atoms with Gasteiger partial charge in [0.25, 0.3) is 11.8 Å². The zero-order valence-electron chi connectivity index (χ0n) is 18.6. The van der Waals surface area contributed by atoms with Crippen LogP contribution in [0.2, 0.25) is 5.02 Å². The molecule has 1 aliphatic heterocycles. The van der Waals surface area contributed by atoms with Crippen molar-refractivity contribution in [2.24, 2.45) is 0 Å². The summed E-state index contributed by atoms with van der Waals surface area (Å²) in [5.41, 5.74) is 1.16. The Morgan fingerprint density at radius 3 is 2.58 bits per heavy atom. The lowest BCUT2D eigenvalue weighted by molar-refractivity contribution is 0.0742. The fourth-order valence-corrected chi connectivity index (χ4v) is 4.91. The SMILES string of the molecule is COc1ccc(N(C(=O)c2ccccc2Cl)c2nc(C(=O)N3CCCC3C)cs2)cc1OC. The number of carbonyl (C=O) groups excluding carboxylic acids is 2. The molecule has 0 radical (unpaired) electrons. The van der Waals surface area contributed by atoms with Crippen LogP contribution in [-0.4, -0.2) is 48.5 Å². The van der Waals surface area contributed by atoms with Crippen molar-refractivity contribution in [2.75, 3.05) is 25.7 Å². The molecule has 0 aliphatic carbocycles. The Bertz CT molecular complexity index is 1180. The largest absolute Gasteiger partial charge is 0.493 e. The molecule has 0 saturated carbocycles. The summed E-state index contributed by atoms with van der Waals surface area (Å²) >= 11 is 7.56. The summed E-state index contributed by atoms with van der Waals surface area (Å²) in [7, 11) is 3.07. The van der Waals surface area contributed by atoms with Gasteiger partial charge in [0.1, 0.15) is 5.69 Å². The first-order valence-electron chi connectivity index (χ1n) is 10.5. The molecule has 1 aromatic heterocycles. The summed E-state index contributed by atoms with van der Waals surface area (Å²) in [5.74, 6) is 0.505. The summed E-state index contributed by atoms with van der Waals surface area (Å²) in [4.78, 5) is 34.5. The molecule has 2 heterocycles. The number of thiazole rings is 1. The van der Waals surface area contributed by atoms with Crippen LogP contribution in [0.4, 0.5) is 10.8 Å². The van der Waals surface area contributed by atoms with Gasteiger partial charge in [-0.25, -0.2) is 4.98 Å². The van der Waals surface area contributed by atoms with Crippen molar-refractivity contribution in [3.8, 4) is 11.5 Å². The van der Waals surface area contributed by atoms with E-state index in [1.165, 1.54) is 23.3 Å². The van der Waals surface area contributed by atoms with Gasteiger partial charge in [-0.15, -0.1) is 11.3 Å². The van der Waals surface area contributed by atoms with E-state index in [0.29, 0.717) is 45.1 Å². The Kier molecular flexibility index (Phi) is 6.85. The van der Waals surface area contributed by atoms with Crippen LogP contribution in [0.3, 0.4) is 0 Å². The maximum Gasteiger partial charge on any atom is 0.273 e. The molecule has 3 aromatic rings. The highest BCUT2D eigenvalue weighted by atomic mass is 35.5. The van der Waals surface area contributed by atoms with E-state index in [4.69, 9.17) is 21.1 Å². The third-order valence-corrected chi connectivity index (χ3v) is 6.80. The molecule has 4 rings (SSSR count). The average Bonchev–Trinajstić information content (AvgIpc) is 3.48. The van der Waals surface area contributed by atoms with Gasteiger partial charge in [-0.05, 0) is 44.0 Å². The lowest BCUT2D eigenvalue weighted by Crippen LogP contribution is -2.34. The first-order valence-corrected chi connectivity index (χ1v) is 11.8. The Hall–Kier alpha value is -3.10. The van der Waals surface area contributed by atoms with Gasteiger partial charge in [0.2, 0.25) is 0 Å². The molecule has 1 atom stereocenters. The van der Waals surface area contributed by atoms with Crippen molar-refractivity contribution in [3.63, 3.8) is 0 Å². The molecular weight excluding hydrogens is 462 g/mol. The first kappa shape index (κ1) is 23.1. The Labute approximate surface area is 201 Å². The molecular formula is C24H24ClN3O4S. The van der Waals surface area contributed by atoms with Gasteiger partial charge in [-0.3, -0.25) is 14.5 Å². The zero-order chi connectivity index (χ0) is 23.5. The molecule has 1 aliphatic rings. The van der Waals surface area contributed by atoms with E-state index in [9.17, 15) is 9.59 Å². The van der Waals surface area contributed by atoms with Crippen molar-refractivity contribution in [1.29, 1.82) is 0 Å². The lowest BCUT2D eigenvalue weighted by Gasteiger charge is -2.22. The van der Waals surface area contributed by atoms with Crippen LogP contribution >= 0.6 is 22.9 Å². The summed E-state index contributed by atoms with van der Waals surface area (Å²) < 4.78 is 10.8. The van der Waals surface area contributed by atoms with E-state index in [1.807, 2.05) is 11.8 Å². The quantitative estimate of drug-likeness (QED) is 0.466. The second kappa shape index (κ2) is 9.80. The van der Waals surface area contributed by atoms with E-state index in [1.54, 1.807) is 55.0 Å². The highest BCUT2D eigenvalue weighted by Gasteiger charge is 2.30. The van der Waals surface area contributed by atoms with Crippen molar-refractivity contribution in [1.82, 2.24) is 9.88 Å². The van der Waals surface area contributed by atoms with Crippen molar-refractivity contribution >= 4 is 45.6 Å². The normalized spacial score (nSPS) is 15.4. The number of carbonyl (C=O) groups is 2. The molecule has 33 heavy (non-hydrogen) atoms. The van der Waals surface area contributed by atoms with Crippen LogP contribution in [0.15, 0.2) is 47.8 Å². The van der Waals surface area contributed by atoms with Gasteiger partial charge in [-0.1, -0.05) is 23.7 Å². The van der Waals surface area contributed by atoms with E-state index in [0.717, 1.165) is 12.8 Å². The smallest absolute Gasteiger partial charge is 0.273 e.